The number of piperidine rings is 1. The van der Waals surface area contributed by atoms with Crippen LogP contribution in [0.15, 0.2) is 48.5 Å². The van der Waals surface area contributed by atoms with Crippen LogP contribution in [0.5, 0.6) is 0 Å². The number of carbonyl (C=O) groups is 2. The molecule has 1 unspecified atom stereocenters. The van der Waals surface area contributed by atoms with Gasteiger partial charge in [0, 0.05) is 31.4 Å². The van der Waals surface area contributed by atoms with Crippen molar-refractivity contribution in [1.29, 1.82) is 0 Å². The van der Waals surface area contributed by atoms with Crippen molar-refractivity contribution in [3.63, 3.8) is 0 Å². The summed E-state index contributed by atoms with van der Waals surface area (Å²) in [6.45, 7) is 9.12. The van der Waals surface area contributed by atoms with Crippen molar-refractivity contribution >= 4 is 46.9 Å². The fraction of sp³-hybridized carbons (Fsp3) is 0.500. The molecule has 218 valence electrons. The fourth-order valence-electron chi connectivity index (χ4n) is 5.00. The van der Waals surface area contributed by atoms with Crippen LogP contribution in [0, 0.1) is 5.92 Å². The average Bonchev–Trinajstić information content (AvgIpc) is 2.94. The van der Waals surface area contributed by atoms with Gasteiger partial charge in [-0.05, 0) is 105 Å². The van der Waals surface area contributed by atoms with E-state index in [9.17, 15) is 9.59 Å². The van der Waals surface area contributed by atoms with Crippen LogP contribution < -0.4 is 16.0 Å². The Bertz CT molecular complexity index is 1100. The second-order valence-corrected chi connectivity index (χ2v) is 11.8. The summed E-state index contributed by atoms with van der Waals surface area (Å²) < 4.78 is 0. The van der Waals surface area contributed by atoms with Gasteiger partial charge >= 0.3 is 6.03 Å². The Kier molecular flexibility index (Phi) is 13.8. The standard InChI is InChI=1S/C32H44Cl2N4O2/c1-24(2)27-12-14-28(15-13-27)37-32(40)36-19-6-8-26-9-7-21-38(23-26)20-5-3-4-18-35-31(39)17-11-25-10-16-29(33)30(34)22-25/h10-17,22,24,26H,3-9,18-21,23H2,1-2H3,(H,35,39)(H2,36,37,40)/b17-11+. The van der Waals surface area contributed by atoms with Crippen LogP contribution in [0.1, 0.15) is 75.8 Å². The molecule has 3 rings (SSSR count). The summed E-state index contributed by atoms with van der Waals surface area (Å²) in [6.07, 6.45) is 11.1. The smallest absolute Gasteiger partial charge is 0.319 e. The Morgan fingerprint density at radius 2 is 1.75 bits per heavy atom. The largest absolute Gasteiger partial charge is 0.353 e. The first-order chi connectivity index (χ1) is 19.3. The zero-order valence-corrected chi connectivity index (χ0v) is 25.4. The monoisotopic (exact) mass is 586 g/mol. The number of hydrogen-bond donors (Lipinski definition) is 3. The number of benzene rings is 2. The molecule has 40 heavy (non-hydrogen) atoms. The van der Waals surface area contributed by atoms with Gasteiger partial charge in [0.05, 0.1) is 10.0 Å². The summed E-state index contributed by atoms with van der Waals surface area (Å²) in [5, 5.41) is 9.84. The van der Waals surface area contributed by atoms with E-state index in [0.717, 1.165) is 56.4 Å². The molecule has 1 saturated heterocycles. The van der Waals surface area contributed by atoms with Gasteiger partial charge < -0.3 is 20.9 Å². The Morgan fingerprint density at radius 1 is 0.975 bits per heavy atom. The molecule has 0 bridgehead atoms. The first-order valence-corrected chi connectivity index (χ1v) is 15.3. The Balaban J connectivity index is 1.21. The zero-order valence-electron chi connectivity index (χ0n) is 23.9. The van der Waals surface area contributed by atoms with Crippen LogP contribution in [-0.2, 0) is 4.79 Å². The zero-order chi connectivity index (χ0) is 28.7. The molecule has 3 N–H and O–H groups in total. The number of nitrogens with one attached hydrogen (secondary N) is 3. The minimum Gasteiger partial charge on any atom is -0.353 e. The van der Waals surface area contributed by atoms with E-state index < -0.39 is 0 Å². The van der Waals surface area contributed by atoms with E-state index in [1.165, 1.54) is 31.0 Å². The number of anilines is 1. The number of likely N-dealkylation sites (tertiary alicyclic amines) is 1. The van der Waals surface area contributed by atoms with Crippen molar-refractivity contribution in [2.75, 3.05) is 38.0 Å². The quantitative estimate of drug-likeness (QED) is 0.156. The van der Waals surface area contributed by atoms with Crippen LogP contribution in [0.3, 0.4) is 0 Å². The first kappa shape index (κ1) is 32.0. The Labute approximate surface area is 249 Å². The molecule has 0 saturated carbocycles. The second-order valence-electron chi connectivity index (χ2n) is 11.0. The van der Waals surface area contributed by atoms with Crippen LogP contribution in [-0.4, -0.2) is 49.6 Å². The van der Waals surface area contributed by atoms with E-state index in [2.05, 4.69) is 46.8 Å². The van der Waals surface area contributed by atoms with Crippen molar-refractivity contribution in [2.24, 2.45) is 5.92 Å². The molecule has 2 aromatic rings. The maximum atomic E-state index is 12.2. The molecule has 0 aromatic heterocycles. The number of unbranched alkanes of at least 4 members (excludes halogenated alkanes) is 2. The van der Waals surface area contributed by atoms with Gasteiger partial charge in [-0.3, -0.25) is 4.79 Å². The third-order valence-corrected chi connectivity index (χ3v) is 8.07. The van der Waals surface area contributed by atoms with Gasteiger partial charge in [0.2, 0.25) is 5.91 Å². The summed E-state index contributed by atoms with van der Waals surface area (Å²) in [4.78, 5) is 26.8. The minimum atomic E-state index is -0.138. The van der Waals surface area contributed by atoms with Gasteiger partial charge in [0.25, 0.3) is 0 Å². The van der Waals surface area contributed by atoms with E-state index in [1.54, 1.807) is 18.2 Å². The Hall–Kier alpha value is -2.54. The van der Waals surface area contributed by atoms with Gasteiger partial charge in [-0.2, -0.15) is 0 Å². The molecule has 6 nitrogen and oxygen atoms in total. The number of nitrogens with zero attached hydrogens (tertiary/aromatic N) is 1. The van der Waals surface area contributed by atoms with Crippen molar-refractivity contribution < 1.29 is 9.59 Å². The molecular formula is C32H44Cl2N4O2. The van der Waals surface area contributed by atoms with Crippen LogP contribution in [0.4, 0.5) is 10.5 Å². The SMILES string of the molecule is CC(C)c1ccc(NC(=O)NCCCC2CCCN(CCCCCNC(=O)/C=C/c3ccc(Cl)c(Cl)c3)C2)cc1. The van der Waals surface area contributed by atoms with E-state index in [1.807, 2.05) is 18.2 Å². The molecule has 0 aliphatic carbocycles. The second kappa shape index (κ2) is 17.3. The van der Waals surface area contributed by atoms with Gasteiger partial charge in [0.15, 0.2) is 0 Å². The minimum absolute atomic E-state index is 0.0998. The number of halogens is 2. The number of carbonyl (C=O) groups excluding carboxylic acids is 2. The average molecular weight is 588 g/mol. The molecule has 1 aliphatic rings. The third-order valence-electron chi connectivity index (χ3n) is 7.33. The van der Waals surface area contributed by atoms with Crippen molar-refractivity contribution in [2.45, 2.75) is 64.7 Å². The maximum Gasteiger partial charge on any atom is 0.319 e. The summed E-state index contributed by atoms with van der Waals surface area (Å²) >= 11 is 11.9. The molecule has 2 aromatic carbocycles. The van der Waals surface area contributed by atoms with E-state index in [-0.39, 0.29) is 11.9 Å². The summed E-state index contributed by atoms with van der Waals surface area (Å²) in [7, 11) is 0. The van der Waals surface area contributed by atoms with E-state index >= 15 is 0 Å². The van der Waals surface area contributed by atoms with Gasteiger partial charge in [-0.25, -0.2) is 4.79 Å². The summed E-state index contributed by atoms with van der Waals surface area (Å²) in [5.41, 5.74) is 2.93. The number of rotatable bonds is 14. The lowest BCUT2D eigenvalue weighted by molar-refractivity contribution is -0.116. The maximum absolute atomic E-state index is 12.2. The number of amides is 3. The summed E-state index contributed by atoms with van der Waals surface area (Å²) in [5.74, 6) is 1.08. The van der Waals surface area contributed by atoms with Crippen molar-refractivity contribution in [1.82, 2.24) is 15.5 Å². The molecule has 3 amide bonds. The summed E-state index contributed by atoms with van der Waals surface area (Å²) in [6, 6.07) is 13.2. The van der Waals surface area contributed by atoms with E-state index in [4.69, 9.17) is 23.2 Å². The molecule has 1 fully saturated rings. The topological polar surface area (TPSA) is 73.5 Å². The van der Waals surface area contributed by atoms with Crippen LogP contribution in [0.2, 0.25) is 10.0 Å². The third kappa shape index (κ3) is 11.9. The van der Waals surface area contributed by atoms with Crippen molar-refractivity contribution in [3.8, 4) is 0 Å². The van der Waals surface area contributed by atoms with Gasteiger partial charge in [-0.1, -0.05) is 61.7 Å². The van der Waals surface area contributed by atoms with Crippen LogP contribution in [0.25, 0.3) is 6.08 Å². The van der Waals surface area contributed by atoms with Gasteiger partial charge in [-0.15, -0.1) is 0 Å². The predicted octanol–water partition coefficient (Wildman–Crippen LogP) is 7.73. The molecule has 0 spiro atoms. The highest BCUT2D eigenvalue weighted by atomic mass is 35.5. The molecule has 1 aliphatic heterocycles. The lowest BCUT2D eigenvalue weighted by Crippen LogP contribution is -2.36. The molecule has 1 heterocycles. The van der Waals surface area contributed by atoms with Gasteiger partial charge in [0.1, 0.15) is 0 Å². The van der Waals surface area contributed by atoms with Crippen molar-refractivity contribution in [3.05, 3.63) is 69.7 Å². The molecule has 1 atom stereocenters. The predicted molar refractivity (Wildman–Crippen MR) is 168 cm³/mol. The number of hydrogen-bond acceptors (Lipinski definition) is 3. The lowest BCUT2D eigenvalue weighted by Gasteiger charge is -2.32. The van der Waals surface area contributed by atoms with Crippen LogP contribution >= 0.6 is 23.2 Å². The fourth-order valence-corrected chi connectivity index (χ4v) is 5.31. The molecule has 8 heteroatoms. The normalized spacial score (nSPS) is 15.9. The highest BCUT2D eigenvalue weighted by molar-refractivity contribution is 6.42. The van der Waals surface area contributed by atoms with E-state index in [0.29, 0.717) is 35.0 Å². The Morgan fingerprint density at radius 3 is 2.50 bits per heavy atom. The first-order valence-electron chi connectivity index (χ1n) is 14.6. The highest BCUT2D eigenvalue weighted by Crippen LogP contribution is 2.23. The number of urea groups is 1. The molecular weight excluding hydrogens is 543 g/mol. The lowest BCUT2D eigenvalue weighted by atomic mass is 9.93. The molecule has 0 radical (unpaired) electrons. The highest BCUT2D eigenvalue weighted by Gasteiger charge is 2.19.